The van der Waals surface area contributed by atoms with Crippen LogP contribution < -0.4 is 4.74 Å². The molecule has 1 aliphatic rings. The number of nitrogens with zero attached hydrogens (tertiary/aromatic N) is 2. The van der Waals surface area contributed by atoms with Crippen molar-refractivity contribution in [2.75, 3.05) is 6.54 Å². The van der Waals surface area contributed by atoms with Crippen LogP contribution in [0.3, 0.4) is 0 Å². The van der Waals surface area contributed by atoms with Crippen LogP contribution in [0.1, 0.15) is 50.8 Å². The highest BCUT2D eigenvalue weighted by atomic mass is 16.6. The minimum absolute atomic E-state index is 0.0680. The van der Waals surface area contributed by atoms with Gasteiger partial charge in [-0.1, -0.05) is 37.6 Å². The predicted molar refractivity (Wildman–Crippen MR) is 119 cm³/mol. The minimum atomic E-state index is -0.823. The highest BCUT2D eigenvalue weighted by molar-refractivity contribution is 6.46. The summed E-state index contributed by atoms with van der Waals surface area (Å²) in [4.78, 5) is 37.9. The molecule has 0 bridgehead atoms. The van der Waals surface area contributed by atoms with Crippen LogP contribution in [0, 0.1) is 10.1 Å². The lowest BCUT2D eigenvalue weighted by atomic mass is 9.95. The molecule has 1 atom stereocenters. The van der Waals surface area contributed by atoms with E-state index in [-0.39, 0.29) is 22.9 Å². The van der Waals surface area contributed by atoms with Gasteiger partial charge < -0.3 is 14.7 Å². The standard InChI is InChI=1S/C24H26N2O6/c1-4-5-12-25-21(16-8-7-11-19(14-16)32-15(2)3)20(23(28)24(25)29)22(27)17-9-6-10-18(13-17)26(30)31/h6-11,13-15,21,27H,4-5,12H2,1-3H3/b22-20-. The van der Waals surface area contributed by atoms with Crippen LogP contribution in [0.5, 0.6) is 5.75 Å². The van der Waals surface area contributed by atoms with E-state index in [4.69, 9.17) is 4.74 Å². The smallest absolute Gasteiger partial charge is 0.295 e. The molecule has 1 N–H and O–H groups in total. The topological polar surface area (TPSA) is 110 Å². The van der Waals surface area contributed by atoms with Gasteiger partial charge in [0, 0.05) is 24.2 Å². The maximum absolute atomic E-state index is 13.0. The second-order valence-corrected chi connectivity index (χ2v) is 7.89. The summed E-state index contributed by atoms with van der Waals surface area (Å²) in [5.74, 6) is -1.38. The average molecular weight is 438 g/mol. The van der Waals surface area contributed by atoms with E-state index in [1.807, 2.05) is 20.8 Å². The summed E-state index contributed by atoms with van der Waals surface area (Å²) in [6, 6.07) is 11.6. The Morgan fingerprint density at radius 1 is 1.19 bits per heavy atom. The van der Waals surface area contributed by atoms with Crippen LogP contribution >= 0.6 is 0 Å². The number of ketones is 1. The average Bonchev–Trinajstić information content (AvgIpc) is 3.01. The zero-order valence-corrected chi connectivity index (χ0v) is 18.3. The minimum Gasteiger partial charge on any atom is -0.507 e. The molecule has 1 fully saturated rings. The molecule has 8 heteroatoms. The Hall–Kier alpha value is -3.68. The molecule has 0 aromatic heterocycles. The fraction of sp³-hybridized carbons (Fsp3) is 0.333. The summed E-state index contributed by atoms with van der Waals surface area (Å²) in [5, 5.41) is 22.2. The molecule has 3 rings (SSSR count). The van der Waals surface area contributed by atoms with Crippen molar-refractivity contribution in [3.8, 4) is 5.75 Å². The number of nitro benzene ring substituents is 1. The van der Waals surface area contributed by atoms with Crippen LogP contribution in [0.4, 0.5) is 5.69 Å². The van der Waals surface area contributed by atoms with E-state index in [0.717, 1.165) is 6.42 Å². The van der Waals surface area contributed by atoms with E-state index in [1.54, 1.807) is 24.3 Å². The first-order valence-corrected chi connectivity index (χ1v) is 10.5. The van der Waals surface area contributed by atoms with Gasteiger partial charge in [-0.05, 0) is 38.0 Å². The zero-order valence-electron chi connectivity index (χ0n) is 18.3. The second kappa shape index (κ2) is 9.64. The summed E-state index contributed by atoms with van der Waals surface area (Å²) >= 11 is 0. The molecule has 168 valence electrons. The molecule has 0 radical (unpaired) electrons. The third-order valence-corrected chi connectivity index (χ3v) is 5.17. The molecule has 0 saturated carbocycles. The van der Waals surface area contributed by atoms with E-state index >= 15 is 0 Å². The lowest BCUT2D eigenvalue weighted by Crippen LogP contribution is -2.30. The lowest BCUT2D eigenvalue weighted by Gasteiger charge is -2.25. The summed E-state index contributed by atoms with van der Waals surface area (Å²) in [7, 11) is 0. The number of carbonyl (C=O) groups excluding carboxylic acids is 2. The Bertz CT molecular complexity index is 1080. The monoisotopic (exact) mass is 438 g/mol. The number of hydrogen-bond acceptors (Lipinski definition) is 6. The summed E-state index contributed by atoms with van der Waals surface area (Å²) in [6.07, 6.45) is 1.43. The number of Topliss-reactive ketones (excluding diaryl/α,β-unsaturated/α-hetero) is 1. The number of carbonyl (C=O) groups is 2. The lowest BCUT2D eigenvalue weighted by molar-refractivity contribution is -0.384. The first-order valence-electron chi connectivity index (χ1n) is 10.5. The van der Waals surface area contributed by atoms with Crippen molar-refractivity contribution in [3.05, 3.63) is 75.3 Å². The van der Waals surface area contributed by atoms with E-state index in [2.05, 4.69) is 0 Å². The number of nitro groups is 1. The molecular weight excluding hydrogens is 412 g/mol. The van der Waals surface area contributed by atoms with Gasteiger partial charge in [-0.25, -0.2) is 0 Å². The number of rotatable bonds is 8. The predicted octanol–water partition coefficient (Wildman–Crippen LogP) is 4.60. The first-order chi connectivity index (χ1) is 15.2. The van der Waals surface area contributed by atoms with Gasteiger partial charge in [0.1, 0.15) is 11.5 Å². The van der Waals surface area contributed by atoms with Crippen LogP contribution in [0.15, 0.2) is 54.1 Å². The normalized spacial score (nSPS) is 17.8. The van der Waals surface area contributed by atoms with Crippen molar-refractivity contribution in [2.24, 2.45) is 0 Å². The summed E-state index contributed by atoms with van der Waals surface area (Å²) in [5.41, 5.74) is 0.407. The number of benzene rings is 2. The van der Waals surface area contributed by atoms with Crippen molar-refractivity contribution < 1.29 is 24.4 Å². The van der Waals surface area contributed by atoms with E-state index in [9.17, 15) is 24.8 Å². The Labute approximate surface area is 186 Å². The number of amides is 1. The van der Waals surface area contributed by atoms with Gasteiger partial charge >= 0.3 is 0 Å². The molecule has 1 aliphatic heterocycles. The fourth-order valence-electron chi connectivity index (χ4n) is 3.74. The number of ether oxygens (including phenoxy) is 1. The van der Waals surface area contributed by atoms with Crippen molar-refractivity contribution in [1.82, 2.24) is 4.90 Å². The molecule has 1 saturated heterocycles. The van der Waals surface area contributed by atoms with Gasteiger partial charge in [0.2, 0.25) is 0 Å². The molecule has 1 amide bonds. The summed E-state index contributed by atoms with van der Waals surface area (Å²) in [6.45, 7) is 6.10. The number of aliphatic hydroxyl groups is 1. The summed E-state index contributed by atoms with van der Waals surface area (Å²) < 4.78 is 5.77. The van der Waals surface area contributed by atoms with Crippen molar-refractivity contribution in [2.45, 2.75) is 45.8 Å². The van der Waals surface area contributed by atoms with Crippen molar-refractivity contribution in [3.63, 3.8) is 0 Å². The molecule has 2 aromatic rings. The molecular formula is C24H26N2O6. The molecule has 2 aromatic carbocycles. The molecule has 0 spiro atoms. The fourth-order valence-corrected chi connectivity index (χ4v) is 3.74. The number of aliphatic hydroxyl groups excluding tert-OH is 1. The molecule has 32 heavy (non-hydrogen) atoms. The van der Waals surface area contributed by atoms with Gasteiger partial charge in [0.25, 0.3) is 17.4 Å². The molecule has 8 nitrogen and oxygen atoms in total. The van der Waals surface area contributed by atoms with Crippen LogP contribution in [0.2, 0.25) is 0 Å². The SMILES string of the molecule is CCCCN1C(=O)C(=O)/C(=C(\O)c2cccc([N+](=O)[O-])c2)C1c1cccc(OC(C)C)c1. The first kappa shape index (κ1) is 23.0. The van der Waals surface area contributed by atoms with Crippen LogP contribution in [-0.4, -0.2) is 39.3 Å². The Morgan fingerprint density at radius 3 is 2.56 bits per heavy atom. The quantitative estimate of drug-likeness (QED) is 0.212. The maximum Gasteiger partial charge on any atom is 0.295 e. The van der Waals surface area contributed by atoms with Gasteiger partial charge in [-0.2, -0.15) is 0 Å². The van der Waals surface area contributed by atoms with Crippen LogP contribution in [-0.2, 0) is 9.59 Å². The third kappa shape index (κ3) is 4.64. The van der Waals surface area contributed by atoms with Crippen LogP contribution in [0.25, 0.3) is 5.76 Å². The number of non-ortho nitro benzene ring substituents is 1. The van der Waals surface area contributed by atoms with Gasteiger partial charge in [0.05, 0.1) is 22.6 Å². The number of hydrogen-bond donors (Lipinski definition) is 1. The molecule has 0 aliphatic carbocycles. The number of likely N-dealkylation sites (tertiary alicyclic amines) is 1. The Kier molecular flexibility index (Phi) is 6.92. The maximum atomic E-state index is 13.0. The Morgan fingerprint density at radius 2 is 1.91 bits per heavy atom. The zero-order chi connectivity index (χ0) is 23.4. The van der Waals surface area contributed by atoms with Crippen molar-refractivity contribution in [1.29, 1.82) is 0 Å². The highest BCUT2D eigenvalue weighted by Gasteiger charge is 2.45. The van der Waals surface area contributed by atoms with E-state index in [1.165, 1.54) is 29.2 Å². The van der Waals surface area contributed by atoms with Gasteiger partial charge in [0.15, 0.2) is 0 Å². The number of unbranched alkanes of at least 4 members (excludes halogenated alkanes) is 1. The second-order valence-electron chi connectivity index (χ2n) is 7.89. The third-order valence-electron chi connectivity index (χ3n) is 5.17. The Balaban J connectivity index is 2.17. The highest BCUT2D eigenvalue weighted by Crippen LogP contribution is 2.40. The molecule has 1 unspecified atom stereocenters. The van der Waals surface area contributed by atoms with Gasteiger partial charge in [-0.15, -0.1) is 0 Å². The van der Waals surface area contributed by atoms with Gasteiger partial charge in [-0.3, -0.25) is 19.7 Å². The largest absolute Gasteiger partial charge is 0.507 e. The van der Waals surface area contributed by atoms with Crippen molar-refractivity contribution >= 4 is 23.1 Å². The molecule has 1 heterocycles. The van der Waals surface area contributed by atoms with E-state index < -0.39 is 28.4 Å². The van der Waals surface area contributed by atoms with E-state index in [0.29, 0.717) is 24.3 Å².